The van der Waals surface area contributed by atoms with E-state index in [0.29, 0.717) is 43.3 Å². The zero-order chi connectivity index (χ0) is 20.4. The summed E-state index contributed by atoms with van der Waals surface area (Å²) in [6.45, 7) is 2.42. The molecule has 2 heterocycles. The fourth-order valence-electron chi connectivity index (χ4n) is 3.89. The molecular formula is C21H25N3O5. The highest BCUT2D eigenvalue weighted by atomic mass is 16.5. The number of carbonyl (C=O) groups is 2. The fourth-order valence-corrected chi connectivity index (χ4v) is 3.89. The van der Waals surface area contributed by atoms with Crippen LogP contribution in [0.2, 0.25) is 0 Å². The van der Waals surface area contributed by atoms with E-state index < -0.39 is 5.97 Å². The second-order valence-corrected chi connectivity index (χ2v) is 7.54. The van der Waals surface area contributed by atoms with Crippen molar-refractivity contribution < 1.29 is 24.0 Å². The van der Waals surface area contributed by atoms with Gasteiger partial charge in [0.1, 0.15) is 5.75 Å². The average molecular weight is 399 g/mol. The first-order valence-electron chi connectivity index (χ1n) is 9.99. The maximum absolute atomic E-state index is 12.6. The molecule has 8 heteroatoms. The second-order valence-electron chi connectivity index (χ2n) is 7.54. The Morgan fingerprint density at radius 3 is 2.48 bits per heavy atom. The third kappa shape index (κ3) is 3.79. The molecule has 0 radical (unpaired) electrons. The summed E-state index contributed by atoms with van der Waals surface area (Å²) in [5.74, 6) is 0.538. The topological polar surface area (TPSA) is 96.1 Å². The minimum Gasteiger partial charge on any atom is -0.497 e. The van der Waals surface area contributed by atoms with Crippen LogP contribution in [0, 0.1) is 5.92 Å². The summed E-state index contributed by atoms with van der Waals surface area (Å²) in [5, 5.41) is 13.9. The van der Waals surface area contributed by atoms with Crippen LogP contribution in [-0.2, 0) is 4.79 Å². The third-order valence-electron chi connectivity index (χ3n) is 5.80. The first-order chi connectivity index (χ1) is 14.1. The van der Waals surface area contributed by atoms with Gasteiger partial charge in [-0.3, -0.25) is 4.79 Å². The number of carboxylic acid groups (broad SMARTS) is 1. The Bertz CT molecular complexity index is 888. The average Bonchev–Trinajstić information content (AvgIpc) is 2.98. The Labute approximate surface area is 169 Å². The molecule has 1 aliphatic carbocycles. The molecule has 0 bridgehead atoms. The lowest BCUT2D eigenvalue weighted by Gasteiger charge is -2.31. The molecule has 2 aromatic rings. The van der Waals surface area contributed by atoms with Gasteiger partial charge in [-0.25, -0.2) is 4.79 Å². The Morgan fingerprint density at radius 1 is 1.10 bits per heavy atom. The van der Waals surface area contributed by atoms with Crippen LogP contribution in [0.1, 0.15) is 36.0 Å². The maximum Gasteiger partial charge on any atom is 0.343 e. The maximum atomic E-state index is 12.6. The van der Waals surface area contributed by atoms with E-state index in [9.17, 15) is 14.7 Å². The Hall–Kier alpha value is -3.03. The molecule has 29 heavy (non-hydrogen) atoms. The molecule has 154 valence electrons. The van der Waals surface area contributed by atoms with E-state index in [1.807, 2.05) is 9.80 Å². The largest absolute Gasteiger partial charge is 0.497 e. The minimum absolute atomic E-state index is 0.0499. The van der Waals surface area contributed by atoms with Gasteiger partial charge in [-0.15, -0.1) is 0 Å². The molecule has 0 atom stereocenters. The number of aromatic nitrogens is 1. The van der Waals surface area contributed by atoms with Crippen molar-refractivity contribution in [1.82, 2.24) is 10.1 Å². The highest BCUT2D eigenvalue weighted by molar-refractivity contribution is 5.99. The van der Waals surface area contributed by atoms with E-state index in [-0.39, 0.29) is 23.1 Å². The molecule has 1 aromatic heterocycles. The van der Waals surface area contributed by atoms with Crippen molar-refractivity contribution in [1.29, 1.82) is 0 Å². The van der Waals surface area contributed by atoms with Gasteiger partial charge < -0.3 is 24.2 Å². The van der Waals surface area contributed by atoms with Crippen LogP contribution in [0.25, 0.3) is 11.3 Å². The first kappa shape index (κ1) is 19.3. The van der Waals surface area contributed by atoms with E-state index in [1.165, 1.54) is 0 Å². The van der Waals surface area contributed by atoms with Crippen molar-refractivity contribution in [2.45, 2.75) is 25.7 Å². The second kappa shape index (κ2) is 8.14. The van der Waals surface area contributed by atoms with Crippen molar-refractivity contribution in [3.8, 4) is 17.1 Å². The van der Waals surface area contributed by atoms with Gasteiger partial charge >= 0.3 is 5.97 Å². The molecule has 1 N–H and O–H groups in total. The molecule has 1 saturated heterocycles. The summed E-state index contributed by atoms with van der Waals surface area (Å²) < 4.78 is 10.6. The van der Waals surface area contributed by atoms with Crippen molar-refractivity contribution in [2.24, 2.45) is 5.92 Å². The smallest absolute Gasteiger partial charge is 0.343 e. The van der Waals surface area contributed by atoms with Crippen LogP contribution >= 0.6 is 0 Å². The zero-order valence-electron chi connectivity index (χ0n) is 16.5. The van der Waals surface area contributed by atoms with Crippen molar-refractivity contribution in [2.75, 3.05) is 38.2 Å². The van der Waals surface area contributed by atoms with Crippen LogP contribution in [0.3, 0.4) is 0 Å². The van der Waals surface area contributed by atoms with Crippen molar-refractivity contribution in [3.05, 3.63) is 29.8 Å². The molecule has 2 aliphatic rings. The molecule has 0 spiro atoms. The summed E-state index contributed by atoms with van der Waals surface area (Å²) >= 11 is 0. The summed E-state index contributed by atoms with van der Waals surface area (Å²) in [7, 11) is 1.57. The van der Waals surface area contributed by atoms with E-state index >= 15 is 0 Å². The van der Waals surface area contributed by atoms with Crippen molar-refractivity contribution >= 4 is 17.7 Å². The number of carboxylic acids is 1. The van der Waals surface area contributed by atoms with Gasteiger partial charge in [0.25, 0.3) is 0 Å². The molecular weight excluding hydrogens is 374 g/mol. The number of hydrogen-bond donors (Lipinski definition) is 1. The van der Waals surface area contributed by atoms with Crippen LogP contribution in [0.15, 0.2) is 28.8 Å². The molecule has 2 fully saturated rings. The molecule has 1 saturated carbocycles. The van der Waals surface area contributed by atoms with Gasteiger partial charge in [-0.1, -0.05) is 11.6 Å². The fraction of sp³-hybridized carbons (Fsp3) is 0.476. The number of benzene rings is 1. The standard InChI is InChI=1S/C21H25N3O5/c1-28-16-8-6-14(7-9-16)18-17(21(26)27)19(22-29-18)23-10-3-11-24(13-12-23)20(25)15-4-2-5-15/h6-9,15H,2-5,10-13H2,1H3,(H,26,27). The number of amides is 1. The predicted molar refractivity (Wildman–Crippen MR) is 106 cm³/mol. The molecule has 1 aliphatic heterocycles. The lowest BCUT2D eigenvalue weighted by Crippen LogP contribution is -2.41. The van der Waals surface area contributed by atoms with Crippen LogP contribution in [0.4, 0.5) is 5.82 Å². The van der Waals surface area contributed by atoms with Gasteiger partial charge in [-0.05, 0) is 43.5 Å². The molecule has 1 aromatic carbocycles. The summed E-state index contributed by atoms with van der Waals surface area (Å²) in [4.78, 5) is 28.4. The number of rotatable bonds is 5. The molecule has 0 unspecified atom stereocenters. The number of aromatic carboxylic acids is 1. The lowest BCUT2D eigenvalue weighted by molar-refractivity contribution is -0.137. The van der Waals surface area contributed by atoms with E-state index in [1.54, 1.807) is 31.4 Å². The monoisotopic (exact) mass is 399 g/mol. The molecule has 4 rings (SSSR count). The number of anilines is 1. The number of ether oxygens (including phenoxy) is 1. The van der Waals surface area contributed by atoms with Crippen LogP contribution in [0.5, 0.6) is 5.75 Å². The van der Waals surface area contributed by atoms with Gasteiger partial charge in [0.05, 0.1) is 7.11 Å². The molecule has 1 amide bonds. The van der Waals surface area contributed by atoms with Crippen LogP contribution < -0.4 is 9.64 Å². The highest BCUT2D eigenvalue weighted by Crippen LogP contribution is 2.33. The third-order valence-corrected chi connectivity index (χ3v) is 5.80. The summed E-state index contributed by atoms with van der Waals surface area (Å²) in [6.07, 6.45) is 3.86. The Kier molecular flexibility index (Phi) is 5.42. The summed E-state index contributed by atoms with van der Waals surface area (Å²) in [5.41, 5.74) is 0.674. The van der Waals surface area contributed by atoms with Gasteiger partial charge in [0.2, 0.25) is 5.91 Å². The minimum atomic E-state index is -1.08. The number of carbonyl (C=O) groups excluding carboxylic acids is 1. The van der Waals surface area contributed by atoms with Gasteiger partial charge in [0, 0.05) is 37.7 Å². The zero-order valence-corrected chi connectivity index (χ0v) is 16.5. The molecule has 8 nitrogen and oxygen atoms in total. The summed E-state index contributed by atoms with van der Waals surface area (Å²) in [6, 6.07) is 6.99. The lowest BCUT2D eigenvalue weighted by atomic mass is 9.84. The van der Waals surface area contributed by atoms with Crippen LogP contribution in [-0.4, -0.2) is 60.3 Å². The number of hydrogen-bond acceptors (Lipinski definition) is 6. The quantitative estimate of drug-likeness (QED) is 0.826. The van der Waals surface area contributed by atoms with Gasteiger partial charge in [0.15, 0.2) is 17.1 Å². The Morgan fingerprint density at radius 2 is 1.86 bits per heavy atom. The Balaban J connectivity index is 1.55. The highest BCUT2D eigenvalue weighted by Gasteiger charge is 2.32. The van der Waals surface area contributed by atoms with Gasteiger partial charge in [-0.2, -0.15) is 0 Å². The van der Waals surface area contributed by atoms with E-state index in [0.717, 1.165) is 25.7 Å². The predicted octanol–water partition coefficient (Wildman–Crippen LogP) is 2.89. The SMILES string of the molecule is COc1ccc(-c2onc(N3CCCN(C(=O)C4CCC4)CC3)c2C(=O)O)cc1. The normalized spacial score (nSPS) is 17.6. The van der Waals surface area contributed by atoms with E-state index in [2.05, 4.69) is 5.16 Å². The van der Waals surface area contributed by atoms with E-state index in [4.69, 9.17) is 9.26 Å². The first-order valence-corrected chi connectivity index (χ1v) is 9.99. The number of methoxy groups -OCH3 is 1. The number of nitrogens with zero attached hydrogens (tertiary/aromatic N) is 3. The van der Waals surface area contributed by atoms with Crippen molar-refractivity contribution in [3.63, 3.8) is 0 Å².